The number of hydrogen-bond donors (Lipinski definition) is 1. The van der Waals surface area contributed by atoms with Crippen LogP contribution in [0, 0.1) is 12.8 Å². The Morgan fingerprint density at radius 1 is 1.14 bits per heavy atom. The van der Waals surface area contributed by atoms with Crippen LogP contribution in [0.25, 0.3) is 22.6 Å². The molecule has 0 saturated carbocycles. The van der Waals surface area contributed by atoms with Gasteiger partial charge >= 0.3 is 6.18 Å². The van der Waals surface area contributed by atoms with Crippen LogP contribution in [0.2, 0.25) is 0 Å². The topological polar surface area (TPSA) is 101 Å². The van der Waals surface area contributed by atoms with Gasteiger partial charge < -0.3 is 4.90 Å². The van der Waals surface area contributed by atoms with Crippen molar-refractivity contribution in [3.05, 3.63) is 97.1 Å². The van der Waals surface area contributed by atoms with Gasteiger partial charge in [0.15, 0.2) is 0 Å². The molecular formula is C31H29BrF3N7O2. The molecule has 0 unspecified atom stereocenters. The first-order chi connectivity index (χ1) is 20.8. The Hall–Kier alpha value is -4.26. The lowest BCUT2D eigenvalue weighted by Crippen LogP contribution is -2.46. The van der Waals surface area contributed by atoms with E-state index in [1.807, 2.05) is 31.2 Å². The highest BCUT2D eigenvalue weighted by Crippen LogP contribution is 2.36. The molecule has 1 aliphatic rings. The van der Waals surface area contributed by atoms with Crippen molar-refractivity contribution in [3.63, 3.8) is 0 Å². The molecule has 0 saturated heterocycles. The van der Waals surface area contributed by atoms with E-state index >= 15 is 0 Å². The first-order valence-corrected chi connectivity index (χ1v) is 14.9. The van der Waals surface area contributed by atoms with Crippen molar-refractivity contribution in [1.29, 1.82) is 0 Å². The summed E-state index contributed by atoms with van der Waals surface area (Å²) in [6.45, 7) is 7.83. The second kappa shape index (κ2) is 11.0. The summed E-state index contributed by atoms with van der Waals surface area (Å²) in [6.07, 6.45) is -2.00. The Morgan fingerprint density at radius 3 is 2.50 bits per heavy atom. The molecule has 4 heterocycles. The highest BCUT2D eigenvalue weighted by atomic mass is 79.9. The SMILES string of the molecule is Cc1n[nH]nc1-c1ccc(-n2c(=O)c3c(n4ncc(CC(C)C)c24)CN(C(=O)c2ccc(Br)c(C(F)(F)F)c2)[C@H](C)C3)cc1. The van der Waals surface area contributed by atoms with E-state index in [4.69, 9.17) is 0 Å². The van der Waals surface area contributed by atoms with Crippen LogP contribution in [0.3, 0.4) is 0 Å². The summed E-state index contributed by atoms with van der Waals surface area (Å²) in [4.78, 5) is 29.4. The van der Waals surface area contributed by atoms with Gasteiger partial charge in [0, 0.05) is 32.8 Å². The third-order valence-corrected chi connectivity index (χ3v) is 8.67. The van der Waals surface area contributed by atoms with Gasteiger partial charge in [-0.05, 0) is 62.9 Å². The van der Waals surface area contributed by atoms with Gasteiger partial charge in [-0.1, -0.05) is 41.9 Å². The zero-order valence-corrected chi connectivity index (χ0v) is 26.0. The zero-order valence-electron chi connectivity index (χ0n) is 24.4. The van der Waals surface area contributed by atoms with E-state index in [9.17, 15) is 22.8 Å². The molecule has 6 rings (SSSR count). The van der Waals surface area contributed by atoms with Crippen LogP contribution in [0.4, 0.5) is 13.2 Å². The van der Waals surface area contributed by atoms with Crippen molar-refractivity contribution >= 4 is 27.5 Å². The minimum absolute atomic E-state index is 0.0203. The number of hydrogen-bond acceptors (Lipinski definition) is 5. The lowest BCUT2D eigenvalue weighted by molar-refractivity contribution is -0.138. The van der Waals surface area contributed by atoms with Crippen LogP contribution in [0.5, 0.6) is 0 Å². The smallest absolute Gasteiger partial charge is 0.330 e. The fraction of sp³-hybridized carbons (Fsp3) is 0.323. The number of aromatic nitrogens is 6. The summed E-state index contributed by atoms with van der Waals surface area (Å²) in [5.41, 5.74) is 4.28. The Morgan fingerprint density at radius 2 is 1.86 bits per heavy atom. The molecule has 5 aromatic rings. The maximum Gasteiger partial charge on any atom is 0.417 e. The molecule has 0 aliphatic carbocycles. The average molecular weight is 669 g/mol. The number of fused-ring (bicyclic) bond motifs is 3. The highest BCUT2D eigenvalue weighted by molar-refractivity contribution is 9.10. The normalized spacial score (nSPS) is 15.3. The van der Waals surface area contributed by atoms with Crippen LogP contribution in [-0.4, -0.2) is 46.4 Å². The number of nitrogens with one attached hydrogen (secondary N) is 1. The van der Waals surface area contributed by atoms with Gasteiger partial charge in [0.25, 0.3) is 11.5 Å². The van der Waals surface area contributed by atoms with E-state index in [-0.39, 0.29) is 34.5 Å². The number of aromatic amines is 1. The van der Waals surface area contributed by atoms with E-state index in [1.165, 1.54) is 17.0 Å². The van der Waals surface area contributed by atoms with Crippen LogP contribution < -0.4 is 5.56 Å². The third kappa shape index (κ3) is 5.12. The molecule has 44 heavy (non-hydrogen) atoms. The molecule has 1 aliphatic heterocycles. The number of rotatable bonds is 5. The predicted octanol–water partition coefficient (Wildman–Crippen LogP) is 6.15. The molecule has 228 valence electrons. The second-order valence-corrected chi connectivity index (χ2v) is 12.4. The fourth-order valence-electron chi connectivity index (χ4n) is 5.85. The molecule has 2 aromatic carbocycles. The molecule has 3 aromatic heterocycles. The monoisotopic (exact) mass is 667 g/mol. The first kappa shape index (κ1) is 29.8. The molecule has 0 fully saturated rings. The van der Waals surface area contributed by atoms with Crippen molar-refractivity contribution in [2.24, 2.45) is 5.92 Å². The van der Waals surface area contributed by atoms with Gasteiger partial charge in [-0.25, -0.2) is 4.52 Å². The van der Waals surface area contributed by atoms with Gasteiger partial charge in [0.05, 0.1) is 35.4 Å². The number of halogens is 4. The first-order valence-electron chi connectivity index (χ1n) is 14.1. The van der Waals surface area contributed by atoms with E-state index in [1.54, 1.807) is 22.2 Å². The third-order valence-electron chi connectivity index (χ3n) is 7.97. The molecule has 1 amide bonds. The van der Waals surface area contributed by atoms with E-state index < -0.39 is 23.7 Å². The minimum atomic E-state index is -4.62. The van der Waals surface area contributed by atoms with Crippen molar-refractivity contribution in [3.8, 4) is 16.9 Å². The molecule has 13 heteroatoms. The van der Waals surface area contributed by atoms with Gasteiger partial charge in [-0.3, -0.25) is 14.2 Å². The molecule has 1 N–H and O–H groups in total. The number of amides is 1. The highest BCUT2D eigenvalue weighted by Gasteiger charge is 2.36. The molecule has 0 bridgehead atoms. The lowest BCUT2D eigenvalue weighted by Gasteiger charge is -2.35. The largest absolute Gasteiger partial charge is 0.417 e. The summed E-state index contributed by atoms with van der Waals surface area (Å²) < 4.78 is 44.0. The maximum atomic E-state index is 14.3. The number of carbonyl (C=O) groups excluding carboxylic acids is 1. The van der Waals surface area contributed by atoms with Crippen molar-refractivity contribution in [2.45, 2.75) is 59.3 Å². The van der Waals surface area contributed by atoms with E-state index in [0.29, 0.717) is 29.0 Å². The molecule has 9 nitrogen and oxygen atoms in total. The Balaban J connectivity index is 1.46. The van der Waals surface area contributed by atoms with Gasteiger partial charge in [0.2, 0.25) is 0 Å². The zero-order chi connectivity index (χ0) is 31.5. The molecule has 1 atom stereocenters. The predicted molar refractivity (Wildman–Crippen MR) is 162 cm³/mol. The number of carbonyl (C=O) groups is 1. The van der Waals surface area contributed by atoms with Crippen molar-refractivity contribution < 1.29 is 18.0 Å². The Bertz CT molecular complexity index is 1960. The van der Waals surface area contributed by atoms with E-state index in [0.717, 1.165) is 28.6 Å². The Labute approximate surface area is 258 Å². The number of nitrogens with zero attached hydrogens (tertiary/aromatic N) is 6. The molecule has 0 radical (unpaired) electrons. The van der Waals surface area contributed by atoms with Crippen LogP contribution in [-0.2, 0) is 25.6 Å². The number of benzene rings is 2. The summed E-state index contributed by atoms with van der Waals surface area (Å²) >= 11 is 2.94. The quantitative estimate of drug-likeness (QED) is 0.243. The van der Waals surface area contributed by atoms with Gasteiger partial charge in [0.1, 0.15) is 11.3 Å². The minimum Gasteiger partial charge on any atom is -0.330 e. The fourth-order valence-corrected chi connectivity index (χ4v) is 6.32. The standard InChI is InChI=1S/C31H29BrF3N7O2/c1-16(2)11-21-14-36-42-26-15-40(29(43)20-7-10-25(32)24(13-20)31(33,34)35)17(3)12-23(26)30(44)41(28(21)42)22-8-5-19(6-9-22)27-18(4)37-39-38-27/h5-10,13-14,16-17H,11-12,15H2,1-4H3,(H,37,38,39)/t17-/m1/s1. The second-order valence-electron chi connectivity index (χ2n) is 11.6. The Kier molecular flexibility index (Phi) is 7.47. The summed E-state index contributed by atoms with van der Waals surface area (Å²) in [5, 5.41) is 15.6. The van der Waals surface area contributed by atoms with E-state index in [2.05, 4.69) is 50.3 Å². The number of alkyl halides is 3. The summed E-state index contributed by atoms with van der Waals surface area (Å²) in [7, 11) is 0. The van der Waals surface area contributed by atoms with Crippen LogP contribution >= 0.6 is 15.9 Å². The maximum absolute atomic E-state index is 14.3. The van der Waals surface area contributed by atoms with Crippen molar-refractivity contribution in [1.82, 2.24) is 34.5 Å². The van der Waals surface area contributed by atoms with Crippen molar-refractivity contribution in [2.75, 3.05) is 0 Å². The van der Waals surface area contributed by atoms with Crippen LogP contribution in [0.15, 0.2) is 57.9 Å². The summed E-state index contributed by atoms with van der Waals surface area (Å²) in [6, 6.07) is 10.5. The van der Waals surface area contributed by atoms with Gasteiger partial charge in [-0.15, -0.1) is 0 Å². The number of H-pyrrole nitrogens is 1. The molecular weight excluding hydrogens is 639 g/mol. The summed E-state index contributed by atoms with van der Waals surface area (Å²) in [5.74, 6) is -0.273. The van der Waals surface area contributed by atoms with Gasteiger partial charge in [-0.2, -0.15) is 33.7 Å². The number of aryl methyl sites for hydroxylation is 1. The van der Waals surface area contributed by atoms with Crippen LogP contribution in [0.1, 0.15) is 59.2 Å². The molecule has 0 spiro atoms. The average Bonchev–Trinajstić information content (AvgIpc) is 3.58. The lowest BCUT2D eigenvalue weighted by atomic mass is 9.97.